The lowest BCUT2D eigenvalue weighted by Gasteiger charge is -2.18. The number of aromatic nitrogens is 2. The van der Waals surface area contributed by atoms with Gasteiger partial charge in [-0.1, -0.05) is 24.8 Å². The van der Waals surface area contributed by atoms with Crippen LogP contribution in [0.1, 0.15) is 30.7 Å². The summed E-state index contributed by atoms with van der Waals surface area (Å²) in [6, 6.07) is 0. The van der Waals surface area contributed by atoms with Crippen LogP contribution >= 0.6 is 23.1 Å². The summed E-state index contributed by atoms with van der Waals surface area (Å²) < 4.78 is 0. The molecule has 2 aromatic rings. The van der Waals surface area contributed by atoms with Crippen LogP contribution in [0.15, 0.2) is 17.8 Å². The SMILES string of the molecule is C=CCSc1nc(NCC)c2c3c(sc2n1)C[C@@H](C)CC3. The van der Waals surface area contributed by atoms with Crippen molar-refractivity contribution in [2.45, 2.75) is 38.3 Å². The quantitative estimate of drug-likeness (QED) is 0.499. The molecule has 0 amide bonds. The minimum Gasteiger partial charge on any atom is -0.370 e. The summed E-state index contributed by atoms with van der Waals surface area (Å²) in [5, 5.41) is 5.55. The van der Waals surface area contributed by atoms with Crippen LogP contribution in [0.5, 0.6) is 0 Å². The third-order valence-electron chi connectivity index (χ3n) is 3.81. The first-order valence-corrected chi connectivity index (χ1v) is 9.33. The molecule has 2 heterocycles. The Kier molecular flexibility index (Phi) is 4.50. The largest absolute Gasteiger partial charge is 0.370 e. The van der Waals surface area contributed by atoms with Crippen molar-refractivity contribution in [1.29, 1.82) is 0 Å². The molecule has 3 rings (SSSR count). The molecule has 3 nitrogen and oxygen atoms in total. The van der Waals surface area contributed by atoms with Crippen LogP contribution in [0.25, 0.3) is 10.2 Å². The molecule has 1 aliphatic carbocycles. The summed E-state index contributed by atoms with van der Waals surface area (Å²) in [6.07, 6.45) is 5.53. The van der Waals surface area contributed by atoms with Crippen molar-refractivity contribution < 1.29 is 0 Å². The van der Waals surface area contributed by atoms with E-state index in [-0.39, 0.29) is 0 Å². The van der Waals surface area contributed by atoms with Crippen LogP contribution in [0.2, 0.25) is 0 Å². The van der Waals surface area contributed by atoms with Crippen molar-refractivity contribution in [3.63, 3.8) is 0 Å². The maximum absolute atomic E-state index is 4.77. The summed E-state index contributed by atoms with van der Waals surface area (Å²) in [5.41, 5.74) is 1.49. The predicted molar refractivity (Wildman–Crippen MR) is 93.7 cm³/mol. The number of hydrogen-bond donors (Lipinski definition) is 1. The maximum atomic E-state index is 4.77. The Morgan fingerprint density at radius 3 is 3.10 bits per heavy atom. The Balaban J connectivity index is 2.10. The summed E-state index contributed by atoms with van der Waals surface area (Å²) in [4.78, 5) is 12.2. The zero-order valence-corrected chi connectivity index (χ0v) is 14.2. The van der Waals surface area contributed by atoms with Crippen LogP contribution in [0.4, 0.5) is 5.82 Å². The lowest BCUT2D eigenvalue weighted by atomic mass is 9.89. The van der Waals surface area contributed by atoms with Gasteiger partial charge in [0, 0.05) is 17.2 Å². The minimum absolute atomic E-state index is 0.788. The van der Waals surface area contributed by atoms with Crippen LogP contribution in [-0.2, 0) is 12.8 Å². The third-order valence-corrected chi connectivity index (χ3v) is 5.80. The summed E-state index contributed by atoms with van der Waals surface area (Å²) in [7, 11) is 0. The number of nitrogens with zero attached hydrogens (tertiary/aromatic N) is 2. The molecular weight excluding hydrogens is 298 g/mol. The molecule has 21 heavy (non-hydrogen) atoms. The zero-order chi connectivity index (χ0) is 14.8. The van der Waals surface area contributed by atoms with E-state index in [1.54, 1.807) is 11.8 Å². The predicted octanol–water partition coefficient (Wildman–Crippen LogP) is 4.53. The van der Waals surface area contributed by atoms with E-state index in [0.717, 1.165) is 40.4 Å². The van der Waals surface area contributed by atoms with Crippen molar-refractivity contribution in [2.75, 3.05) is 17.6 Å². The van der Waals surface area contributed by atoms with E-state index in [4.69, 9.17) is 9.97 Å². The summed E-state index contributed by atoms with van der Waals surface area (Å²) >= 11 is 3.51. The number of rotatable bonds is 5. The van der Waals surface area contributed by atoms with Crippen LogP contribution < -0.4 is 5.32 Å². The molecule has 0 bridgehead atoms. The number of anilines is 1. The molecule has 0 spiro atoms. The molecule has 0 unspecified atom stereocenters. The van der Waals surface area contributed by atoms with Crippen molar-refractivity contribution in [3.8, 4) is 0 Å². The standard InChI is InChI=1S/C16H21N3S2/c1-4-8-20-16-18-14(17-5-2)13-11-7-6-10(3)9-12(11)21-15(13)19-16/h4,10H,1,5-9H2,2-3H3,(H,17,18,19)/t10-/m0/s1. The number of hydrogen-bond acceptors (Lipinski definition) is 5. The number of thioether (sulfide) groups is 1. The van der Waals surface area contributed by atoms with Gasteiger partial charge in [-0.25, -0.2) is 9.97 Å². The van der Waals surface area contributed by atoms with Gasteiger partial charge in [-0.15, -0.1) is 17.9 Å². The van der Waals surface area contributed by atoms with E-state index in [1.165, 1.54) is 28.7 Å². The first-order valence-electron chi connectivity index (χ1n) is 7.52. The fourth-order valence-corrected chi connectivity index (χ4v) is 4.84. The molecule has 1 N–H and O–H groups in total. The monoisotopic (exact) mass is 319 g/mol. The van der Waals surface area contributed by atoms with Crippen LogP contribution in [0.3, 0.4) is 0 Å². The Morgan fingerprint density at radius 1 is 1.48 bits per heavy atom. The number of aryl methyl sites for hydroxylation is 1. The fourth-order valence-electron chi connectivity index (χ4n) is 2.82. The van der Waals surface area contributed by atoms with E-state index in [0.29, 0.717) is 0 Å². The van der Waals surface area contributed by atoms with Gasteiger partial charge in [0.05, 0.1) is 5.39 Å². The Bertz CT molecular complexity index is 663. The van der Waals surface area contributed by atoms with Gasteiger partial charge in [0.25, 0.3) is 0 Å². The van der Waals surface area contributed by atoms with E-state index in [2.05, 4.69) is 25.7 Å². The third kappa shape index (κ3) is 2.94. The molecule has 0 aromatic carbocycles. The van der Waals surface area contributed by atoms with Gasteiger partial charge in [0.1, 0.15) is 10.6 Å². The minimum atomic E-state index is 0.788. The van der Waals surface area contributed by atoms with Gasteiger partial charge in [-0.2, -0.15) is 0 Å². The topological polar surface area (TPSA) is 37.8 Å². The molecule has 5 heteroatoms. The molecule has 0 radical (unpaired) electrons. The molecule has 112 valence electrons. The van der Waals surface area contributed by atoms with Crippen molar-refractivity contribution in [3.05, 3.63) is 23.1 Å². The lowest BCUT2D eigenvalue weighted by Crippen LogP contribution is -2.09. The van der Waals surface area contributed by atoms with Crippen molar-refractivity contribution >= 4 is 39.1 Å². The second-order valence-electron chi connectivity index (χ2n) is 5.52. The van der Waals surface area contributed by atoms with E-state index >= 15 is 0 Å². The van der Waals surface area contributed by atoms with E-state index in [9.17, 15) is 0 Å². The average molecular weight is 319 g/mol. The first-order chi connectivity index (χ1) is 10.2. The fraction of sp³-hybridized carbons (Fsp3) is 0.500. The molecule has 0 aliphatic heterocycles. The van der Waals surface area contributed by atoms with Crippen molar-refractivity contribution in [2.24, 2.45) is 5.92 Å². The van der Waals surface area contributed by atoms with E-state index < -0.39 is 0 Å². The maximum Gasteiger partial charge on any atom is 0.191 e. The summed E-state index contributed by atoms with van der Waals surface area (Å²) in [5.74, 6) is 2.65. The Morgan fingerprint density at radius 2 is 2.33 bits per heavy atom. The van der Waals surface area contributed by atoms with Crippen LogP contribution in [-0.4, -0.2) is 22.3 Å². The van der Waals surface area contributed by atoms with Gasteiger partial charge < -0.3 is 5.32 Å². The molecule has 1 atom stereocenters. The molecule has 0 saturated carbocycles. The first kappa shape index (κ1) is 14.9. The second kappa shape index (κ2) is 6.36. The van der Waals surface area contributed by atoms with E-state index in [1.807, 2.05) is 17.4 Å². The number of nitrogens with one attached hydrogen (secondary N) is 1. The second-order valence-corrected chi connectivity index (χ2v) is 7.59. The van der Waals surface area contributed by atoms with Gasteiger partial charge in [-0.05, 0) is 37.7 Å². The highest BCUT2D eigenvalue weighted by Gasteiger charge is 2.23. The Labute approximate surface area is 134 Å². The highest BCUT2D eigenvalue weighted by atomic mass is 32.2. The molecule has 0 saturated heterocycles. The molecule has 0 fully saturated rings. The number of thiophene rings is 1. The normalized spacial score (nSPS) is 17.7. The van der Waals surface area contributed by atoms with Gasteiger partial charge >= 0.3 is 0 Å². The lowest BCUT2D eigenvalue weighted by molar-refractivity contribution is 0.509. The van der Waals surface area contributed by atoms with Gasteiger partial charge in [-0.3, -0.25) is 0 Å². The van der Waals surface area contributed by atoms with Crippen LogP contribution in [0, 0.1) is 5.92 Å². The van der Waals surface area contributed by atoms with Gasteiger partial charge in [0.2, 0.25) is 0 Å². The van der Waals surface area contributed by atoms with Crippen molar-refractivity contribution in [1.82, 2.24) is 9.97 Å². The Hall–Kier alpha value is -1.07. The average Bonchev–Trinajstić information content (AvgIpc) is 2.82. The molecular formula is C16H21N3S2. The highest BCUT2D eigenvalue weighted by molar-refractivity contribution is 7.99. The molecule has 1 aliphatic rings. The smallest absolute Gasteiger partial charge is 0.191 e. The molecule has 2 aromatic heterocycles. The summed E-state index contributed by atoms with van der Waals surface area (Å²) in [6.45, 7) is 9.12. The number of fused-ring (bicyclic) bond motifs is 3. The van der Waals surface area contributed by atoms with Gasteiger partial charge in [0.15, 0.2) is 5.16 Å². The zero-order valence-electron chi connectivity index (χ0n) is 12.6. The highest BCUT2D eigenvalue weighted by Crippen LogP contribution is 2.40.